The van der Waals surface area contributed by atoms with E-state index in [-0.39, 0.29) is 23.6 Å². The summed E-state index contributed by atoms with van der Waals surface area (Å²) in [6.07, 6.45) is 0.421. The number of fused-ring (bicyclic) bond motifs is 3. The van der Waals surface area contributed by atoms with Crippen LogP contribution in [0.3, 0.4) is 0 Å². The van der Waals surface area contributed by atoms with Crippen molar-refractivity contribution in [2.45, 2.75) is 12.5 Å². The molecule has 0 aromatic heterocycles. The number of piperazine rings is 1. The number of methoxy groups -OCH3 is 1. The maximum absolute atomic E-state index is 13.1. The Hall–Kier alpha value is -3.64. The second kappa shape index (κ2) is 9.24. The Kier molecular flexibility index (Phi) is 6.23. The zero-order valence-electron chi connectivity index (χ0n) is 17.9. The monoisotopic (exact) mass is 435 g/mol. The molecule has 0 spiro atoms. The summed E-state index contributed by atoms with van der Waals surface area (Å²) in [6, 6.07) is 14.5. The van der Waals surface area contributed by atoms with Crippen LogP contribution in [-0.4, -0.2) is 56.8 Å². The minimum atomic E-state index is -0.406. The van der Waals surface area contributed by atoms with Crippen molar-refractivity contribution >= 4 is 23.0 Å². The fourth-order valence-electron chi connectivity index (χ4n) is 4.69. The summed E-state index contributed by atoms with van der Waals surface area (Å²) in [6.45, 7) is 2.73. The van der Waals surface area contributed by atoms with Gasteiger partial charge in [-0.1, -0.05) is 12.1 Å². The quantitative estimate of drug-likeness (QED) is 0.420. The van der Waals surface area contributed by atoms with E-state index in [1.807, 2.05) is 18.2 Å². The highest BCUT2D eigenvalue weighted by molar-refractivity contribution is 5.82. The van der Waals surface area contributed by atoms with Crippen LogP contribution >= 0.6 is 0 Å². The van der Waals surface area contributed by atoms with Gasteiger partial charge in [-0.3, -0.25) is 14.9 Å². The highest BCUT2D eigenvalue weighted by Crippen LogP contribution is 2.39. The summed E-state index contributed by atoms with van der Waals surface area (Å²) in [5.74, 6) is -0.469. The van der Waals surface area contributed by atoms with Crippen LogP contribution < -0.4 is 15.1 Å². The van der Waals surface area contributed by atoms with Gasteiger partial charge in [0.25, 0.3) is 5.69 Å². The molecule has 0 unspecified atom stereocenters. The van der Waals surface area contributed by atoms with Gasteiger partial charge in [-0.15, -0.1) is 0 Å². The number of ether oxygens (including phenoxy) is 1. The number of carbonyl (C=O) groups is 1. The number of benzene rings is 2. The number of non-ortho nitro benzene ring substituents is 1. The lowest BCUT2D eigenvalue weighted by atomic mass is 9.83. The number of amides is 1. The number of anilines is 2. The van der Waals surface area contributed by atoms with Crippen LogP contribution in [0.5, 0.6) is 0 Å². The summed E-state index contributed by atoms with van der Waals surface area (Å²) in [4.78, 5) is 28.4. The predicted octanol–water partition coefficient (Wildman–Crippen LogP) is 2.10. The van der Waals surface area contributed by atoms with Gasteiger partial charge in [0.1, 0.15) is 6.07 Å². The van der Waals surface area contributed by atoms with Crippen molar-refractivity contribution < 1.29 is 14.5 Å². The molecule has 0 aliphatic carbocycles. The summed E-state index contributed by atoms with van der Waals surface area (Å²) < 4.78 is 5.05. The Balaban J connectivity index is 1.67. The van der Waals surface area contributed by atoms with Gasteiger partial charge in [-0.25, -0.2) is 0 Å². The molecule has 1 amide bonds. The van der Waals surface area contributed by atoms with Gasteiger partial charge < -0.3 is 19.9 Å². The summed E-state index contributed by atoms with van der Waals surface area (Å²) >= 11 is 0. The van der Waals surface area contributed by atoms with Gasteiger partial charge in [0.2, 0.25) is 5.91 Å². The standard InChI is InChI=1S/C23H25N5O4/c1-32-11-8-25-23(29)19-13-17-12-18(28(30)31)6-7-21(17)27-10-9-26(15-22(19)27)20-5-3-2-4-16(20)14-24/h2-7,12,19,22H,8-11,13,15H2,1H3,(H,25,29)/t19-,22+/m1/s1. The fourth-order valence-corrected chi connectivity index (χ4v) is 4.69. The van der Waals surface area contributed by atoms with Crippen LogP contribution in [0.2, 0.25) is 0 Å². The number of hydrogen-bond donors (Lipinski definition) is 1. The van der Waals surface area contributed by atoms with Crippen molar-refractivity contribution in [2.24, 2.45) is 5.92 Å². The third-order valence-electron chi connectivity index (χ3n) is 6.21. The molecule has 2 aromatic rings. The molecule has 1 fully saturated rings. The van der Waals surface area contributed by atoms with E-state index in [2.05, 4.69) is 21.2 Å². The van der Waals surface area contributed by atoms with Gasteiger partial charge in [-0.2, -0.15) is 5.26 Å². The lowest BCUT2D eigenvalue weighted by Crippen LogP contribution is -2.61. The Labute approximate surface area is 186 Å². The normalized spacial score (nSPS) is 19.5. The first-order valence-electron chi connectivity index (χ1n) is 10.6. The van der Waals surface area contributed by atoms with Crippen molar-refractivity contribution in [1.29, 1.82) is 5.26 Å². The Morgan fingerprint density at radius 3 is 2.84 bits per heavy atom. The molecule has 1 N–H and O–H groups in total. The first kappa shape index (κ1) is 21.6. The molecule has 0 bridgehead atoms. The molecular weight excluding hydrogens is 410 g/mol. The number of hydrogen-bond acceptors (Lipinski definition) is 7. The maximum atomic E-state index is 13.1. The minimum absolute atomic E-state index is 0.0299. The molecular formula is C23H25N5O4. The molecule has 2 atom stereocenters. The van der Waals surface area contributed by atoms with Crippen molar-refractivity contribution in [3.8, 4) is 6.07 Å². The largest absolute Gasteiger partial charge is 0.383 e. The maximum Gasteiger partial charge on any atom is 0.269 e. The smallest absolute Gasteiger partial charge is 0.269 e. The topological polar surface area (TPSA) is 112 Å². The van der Waals surface area contributed by atoms with Crippen LogP contribution in [0.25, 0.3) is 0 Å². The fraction of sp³-hybridized carbons (Fsp3) is 0.391. The number of nitro groups is 1. The molecule has 32 heavy (non-hydrogen) atoms. The second-order valence-electron chi connectivity index (χ2n) is 8.00. The SMILES string of the molecule is COCCNC(=O)[C@@H]1Cc2cc([N+](=O)[O-])ccc2N2CCN(c3ccccc3C#N)C[C@@H]12. The van der Waals surface area contributed by atoms with Crippen molar-refractivity contribution in [3.05, 3.63) is 63.7 Å². The molecule has 2 aliphatic rings. The number of nitrogens with zero attached hydrogens (tertiary/aromatic N) is 4. The van der Waals surface area contributed by atoms with Crippen molar-refractivity contribution in [3.63, 3.8) is 0 Å². The van der Waals surface area contributed by atoms with Crippen molar-refractivity contribution in [1.82, 2.24) is 5.32 Å². The van der Waals surface area contributed by atoms with E-state index in [0.29, 0.717) is 44.8 Å². The van der Waals surface area contributed by atoms with E-state index in [9.17, 15) is 20.2 Å². The number of carbonyl (C=O) groups excluding carboxylic acids is 1. The number of para-hydroxylation sites is 1. The van der Waals surface area contributed by atoms with Crippen molar-refractivity contribution in [2.75, 3.05) is 49.7 Å². The molecule has 1 saturated heterocycles. The van der Waals surface area contributed by atoms with Crippen LogP contribution in [0, 0.1) is 27.4 Å². The van der Waals surface area contributed by atoms with Crippen LogP contribution in [0.15, 0.2) is 42.5 Å². The second-order valence-corrected chi connectivity index (χ2v) is 8.00. The number of nitrogens with one attached hydrogen (secondary N) is 1. The molecule has 2 aliphatic heterocycles. The zero-order valence-corrected chi connectivity index (χ0v) is 17.9. The lowest BCUT2D eigenvalue weighted by molar-refractivity contribution is -0.384. The predicted molar refractivity (Wildman–Crippen MR) is 120 cm³/mol. The summed E-state index contributed by atoms with van der Waals surface area (Å²) in [5.41, 5.74) is 3.25. The Morgan fingerprint density at radius 2 is 2.09 bits per heavy atom. The Morgan fingerprint density at radius 1 is 1.28 bits per heavy atom. The highest BCUT2D eigenvalue weighted by Gasteiger charge is 2.42. The molecule has 166 valence electrons. The summed E-state index contributed by atoms with van der Waals surface area (Å²) in [7, 11) is 1.58. The minimum Gasteiger partial charge on any atom is -0.383 e. The van der Waals surface area contributed by atoms with E-state index in [1.54, 1.807) is 25.3 Å². The van der Waals surface area contributed by atoms with E-state index >= 15 is 0 Å². The molecule has 9 nitrogen and oxygen atoms in total. The molecule has 0 radical (unpaired) electrons. The molecule has 9 heteroatoms. The van der Waals surface area contributed by atoms with E-state index in [4.69, 9.17) is 4.74 Å². The van der Waals surface area contributed by atoms with Gasteiger partial charge in [0.15, 0.2) is 0 Å². The van der Waals surface area contributed by atoms with E-state index in [1.165, 1.54) is 6.07 Å². The number of nitro benzene ring substituents is 1. The molecule has 2 aromatic carbocycles. The first-order valence-corrected chi connectivity index (χ1v) is 10.6. The number of rotatable bonds is 6. The van der Waals surface area contributed by atoms with Gasteiger partial charge in [0, 0.05) is 51.1 Å². The average Bonchev–Trinajstić information content (AvgIpc) is 2.82. The van der Waals surface area contributed by atoms with Gasteiger partial charge >= 0.3 is 0 Å². The highest BCUT2D eigenvalue weighted by atomic mass is 16.6. The van der Waals surface area contributed by atoms with Gasteiger partial charge in [0.05, 0.1) is 34.7 Å². The third kappa shape index (κ3) is 4.09. The van der Waals surface area contributed by atoms with E-state index < -0.39 is 4.92 Å². The van der Waals surface area contributed by atoms with Gasteiger partial charge in [-0.05, 0) is 30.2 Å². The third-order valence-corrected chi connectivity index (χ3v) is 6.21. The lowest BCUT2D eigenvalue weighted by Gasteiger charge is -2.49. The van der Waals surface area contributed by atoms with Crippen LogP contribution in [0.4, 0.5) is 17.1 Å². The average molecular weight is 435 g/mol. The number of nitriles is 1. The van der Waals surface area contributed by atoms with E-state index in [0.717, 1.165) is 16.9 Å². The summed E-state index contributed by atoms with van der Waals surface area (Å²) in [5, 5.41) is 23.7. The molecule has 0 saturated carbocycles. The van der Waals surface area contributed by atoms with Crippen LogP contribution in [-0.2, 0) is 16.0 Å². The van der Waals surface area contributed by atoms with Crippen LogP contribution in [0.1, 0.15) is 11.1 Å². The zero-order chi connectivity index (χ0) is 22.7. The molecule has 2 heterocycles. The first-order chi connectivity index (χ1) is 15.5. The molecule has 4 rings (SSSR count). The Bertz CT molecular complexity index is 1070.